The van der Waals surface area contributed by atoms with Crippen LogP contribution in [0.5, 0.6) is 0 Å². The summed E-state index contributed by atoms with van der Waals surface area (Å²) in [6.07, 6.45) is 1.55. The molecule has 6 heteroatoms. The third kappa shape index (κ3) is 2.52. The van der Waals surface area contributed by atoms with Crippen molar-refractivity contribution in [2.45, 2.75) is 18.9 Å². The lowest BCUT2D eigenvalue weighted by Gasteiger charge is -2.31. The van der Waals surface area contributed by atoms with Gasteiger partial charge in [-0.25, -0.2) is 0 Å². The van der Waals surface area contributed by atoms with E-state index in [2.05, 4.69) is 0 Å². The van der Waals surface area contributed by atoms with Crippen LogP contribution in [0.2, 0.25) is 15.1 Å². The fourth-order valence-corrected chi connectivity index (χ4v) is 2.50. The highest BCUT2D eigenvalue weighted by atomic mass is 35.5. The normalized spacial score (nSPS) is 20.8. The molecule has 0 radical (unpaired) electrons. The predicted molar refractivity (Wildman–Crippen MR) is 71.0 cm³/mol. The fraction of sp³-hybridized carbons (Fsp3) is 0.364. The van der Waals surface area contributed by atoms with Crippen molar-refractivity contribution >= 4 is 46.4 Å². The van der Waals surface area contributed by atoms with E-state index in [0.29, 0.717) is 33.7 Å². The lowest BCUT2D eigenvalue weighted by molar-refractivity contribution is -0.120. The molecule has 1 unspecified atom stereocenters. The molecule has 0 aliphatic carbocycles. The van der Waals surface area contributed by atoms with E-state index in [1.807, 2.05) is 0 Å². The van der Waals surface area contributed by atoms with Gasteiger partial charge in [-0.05, 0) is 25.0 Å². The number of carbonyl (C=O) groups is 1. The van der Waals surface area contributed by atoms with Gasteiger partial charge in [0.2, 0.25) is 5.91 Å². The highest BCUT2D eigenvalue weighted by Crippen LogP contribution is 2.35. The zero-order valence-electron chi connectivity index (χ0n) is 8.92. The standard InChI is InChI=1S/C11H11Cl3N2O/c12-6-4-8(14)10(5-7(6)13)16-3-1-2-9(15)11(16)17/h4-5,9H,1-3,15H2. The Balaban J connectivity index is 2.39. The van der Waals surface area contributed by atoms with Crippen molar-refractivity contribution in [1.29, 1.82) is 0 Å². The second kappa shape index (κ2) is 5.02. The molecule has 2 rings (SSSR count). The minimum atomic E-state index is -0.464. The molecule has 2 N–H and O–H groups in total. The fourth-order valence-electron chi connectivity index (χ4n) is 1.86. The van der Waals surface area contributed by atoms with Crippen molar-refractivity contribution in [3.05, 3.63) is 27.2 Å². The molecule has 0 aromatic heterocycles. The molecular formula is C11H11Cl3N2O. The Labute approximate surface area is 114 Å². The Morgan fingerprint density at radius 3 is 2.53 bits per heavy atom. The van der Waals surface area contributed by atoms with Crippen LogP contribution in [0, 0.1) is 0 Å². The van der Waals surface area contributed by atoms with Gasteiger partial charge in [0.15, 0.2) is 0 Å². The first kappa shape index (κ1) is 13.0. The van der Waals surface area contributed by atoms with Crippen LogP contribution in [0.15, 0.2) is 12.1 Å². The Hall–Kier alpha value is -0.480. The second-order valence-electron chi connectivity index (χ2n) is 3.96. The van der Waals surface area contributed by atoms with Crippen LogP contribution in [0.1, 0.15) is 12.8 Å². The lowest BCUT2D eigenvalue weighted by Crippen LogP contribution is -2.48. The minimum absolute atomic E-state index is 0.128. The van der Waals surface area contributed by atoms with Crippen molar-refractivity contribution in [2.75, 3.05) is 11.4 Å². The van der Waals surface area contributed by atoms with Crippen molar-refractivity contribution in [3.63, 3.8) is 0 Å². The third-order valence-corrected chi connectivity index (χ3v) is 3.79. The molecule has 1 saturated heterocycles. The number of rotatable bonds is 1. The van der Waals surface area contributed by atoms with Crippen molar-refractivity contribution < 1.29 is 4.79 Å². The molecular weight excluding hydrogens is 282 g/mol. The average Bonchev–Trinajstić information content (AvgIpc) is 2.28. The van der Waals surface area contributed by atoms with E-state index in [0.717, 1.165) is 6.42 Å². The van der Waals surface area contributed by atoms with Crippen LogP contribution in [0.25, 0.3) is 0 Å². The largest absolute Gasteiger partial charge is 0.320 e. The first-order chi connectivity index (χ1) is 8.00. The summed E-state index contributed by atoms with van der Waals surface area (Å²) in [5.74, 6) is -0.128. The molecule has 3 nitrogen and oxygen atoms in total. The highest BCUT2D eigenvalue weighted by molar-refractivity contribution is 6.44. The second-order valence-corrected chi connectivity index (χ2v) is 5.18. The summed E-state index contributed by atoms with van der Waals surface area (Å²) in [5, 5.41) is 1.15. The van der Waals surface area contributed by atoms with Gasteiger partial charge in [-0.1, -0.05) is 34.8 Å². The van der Waals surface area contributed by atoms with Gasteiger partial charge < -0.3 is 10.6 Å². The van der Waals surface area contributed by atoms with Gasteiger partial charge in [0.05, 0.1) is 26.8 Å². The van der Waals surface area contributed by atoms with Gasteiger partial charge in [0, 0.05) is 6.54 Å². The number of nitrogens with zero attached hydrogens (tertiary/aromatic N) is 1. The summed E-state index contributed by atoms with van der Waals surface area (Å²) in [4.78, 5) is 13.5. The molecule has 1 atom stereocenters. The number of benzene rings is 1. The maximum atomic E-state index is 11.9. The smallest absolute Gasteiger partial charge is 0.243 e. The van der Waals surface area contributed by atoms with Gasteiger partial charge in [-0.3, -0.25) is 4.79 Å². The molecule has 0 bridgehead atoms. The Morgan fingerprint density at radius 2 is 1.82 bits per heavy atom. The topological polar surface area (TPSA) is 46.3 Å². The lowest BCUT2D eigenvalue weighted by atomic mass is 10.0. The number of carbonyl (C=O) groups excluding carboxylic acids is 1. The summed E-state index contributed by atoms with van der Waals surface area (Å²) in [7, 11) is 0. The monoisotopic (exact) mass is 292 g/mol. The van der Waals surface area contributed by atoms with Crippen LogP contribution >= 0.6 is 34.8 Å². The number of piperidine rings is 1. The number of nitrogens with two attached hydrogens (primary N) is 1. The zero-order chi connectivity index (χ0) is 12.6. The Bertz CT molecular complexity index is 464. The molecule has 1 aliphatic rings. The number of halogens is 3. The number of hydrogen-bond donors (Lipinski definition) is 1. The van der Waals surface area contributed by atoms with Gasteiger partial charge in [-0.15, -0.1) is 0 Å². The van der Waals surface area contributed by atoms with Crippen LogP contribution in [-0.4, -0.2) is 18.5 Å². The Morgan fingerprint density at radius 1 is 1.18 bits per heavy atom. The summed E-state index contributed by atoms with van der Waals surface area (Å²) < 4.78 is 0. The Kier molecular flexibility index (Phi) is 3.83. The molecule has 1 aromatic carbocycles. The highest BCUT2D eigenvalue weighted by Gasteiger charge is 2.28. The van der Waals surface area contributed by atoms with E-state index < -0.39 is 6.04 Å². The van der Waals surface area contributed by atoms with E-state index in [-0.39, 0.29) is 5.91 Å². The first-order valence-electron chi connectivity index (χ1n) is 5.22. The number of amides is 1. The van der Waals surface area contributed by atoms with E-state index >= 15 is 0 Å². The summed E-state index contributed by atoms with van der Waals surface area (Å²) in [5.41, 5.74) is 6.30. The predicted octanol–water partition coefficient (Wildman–Crippen LogP) is 3.10. The van der Waals surface area contributed by atoms with Gasteiger partial charge in [-0.2, -0.15) is 0 Å². The number of hydrogen-bond acceptors (Lipinski definition) is 2. The SMILES string of the molecule is NC1CCCN(c2cc(Cl)c(Cl)cc2Cl)C1=O. The molecule has 0 spiro atoms. The average molecular weight is 294 g/mol. The first-order valence-corrected chi connectivity index (χ1v) is 6.35. The molecule has 1 heterocycles. The third-order valence-electron chi connectivity index (χ3n) is 2.76. The van der Waals surface area contributed by atoms with Crippen molar-refractivity contribution in [2.24, 2.45) is 5.73 Å². The molecule has 1 aliphatic heterocycles. The van der Waals surface area contributed by atoms with E-state index in [1.54, 1.807) is 11.0 Å². The molecule has 92 valence electrons. The van der Waals surface area contributed by atoms with Crippen molar-refractivity contribution in [1.82, 2.24) is 0 Å². The quantitative estimate of drug-likeness (QED) is 0.809. The van der Waals surface area contributed by atoms with Crippen LogP contribution in [0.4, 0.5) is 5.69 Å². The molecule has 1 aromatic rings. The molecule has 0 saturated carbocycles. The van der Waals surface area contributed by atoms with E-state index in [1.165, 1.54) is 6.07 Å². The summed E-state index contributed by atoms with van der Waals surface area (Å²) in [6.45, 7) is 0.601. The minimum Gasteiger partial charge on any atom is -0.320 e. The summed E-state index contributed by atoms with van der Waals surface area (Å²) in [6, 6.07) is 2.67. The summed E-state index contributed by atoms with van der Waals surface area (Å²) >= 11 is 17.8. The zero-order valence-corrected chi connectivity index (χ0v) is 11.2. The van der Waals surface area contributed by atoms with Gasteiger partial charge in [0.25, 0.3) is 0 Å². The molecule has 1 fully saturated rings. The number of anilines is 1. The maximum Gasteiger partial charge on any atom is 0.243 e. The van der Waals surface area contributed by atoms with Gasteiger partial charge >= 0.3 is 0 Å². The van der Waals surface area contributed by atoms with Crippen LogP contribution in [0.3, 0.4) is 0 Å². The van der Waals surface area contributed by atoms with Crippen LogP contribution < -0.4 is 10.6 Å². The van der Waals surface area contributed by atoms with Crippen LogP contribution in [-0.2, 0) is 4.79 Å². The van der Waals surface area contributed by atoms with E-state index in [9.17, 15) is 4.79 Å². The van der Waals surface area contributed by atoms with Gasteiger partial charge in [0.1, 0.15) is 0 Å². The maximum absolute atomic E-state index is 11.9. The van der Waals surface area contributed by atoms with Crippen molar-refractivity contribution in [3.8, 4) is 0 Å². The van der Waals surface area contributed by atoms with E-state index in [4.69, 9.17) is 40.5 Å². The molecule has 1 amide bonds. The molecule has 17 heavy (non-hydrogen) atoms.